The Kier molecular flexibility index (Phi) is 4.51. The van der Waals surface area contributed by atoms with E-state index in [2.05, 4.69) is 29.4 Å². The second-order valence-corrected chi connectivity index (χ2v) is 8.72. The molecule has 2 aromatic carbocycles. The number of allylic oxidation sites excluding steroid dienone is 1. The van der Waals surface area contributed by atoms with E-state index in [1.165, 1.54) is 25.0 Å². The topological polar surface area (TPSA) is 63.2 Å². The first kappa shape index (κ1) is 19.7. The summed E-state index contributed by atoms with van der Waals surface area (Å²) in [5.41, 5.74) is 8.29. The van der Waals surface area contributed by atoms with Crippen molar-refractivity contribution in [3.63, 3.8) is 0 Å². The molecule has 0 radical (unpaired) electrons. The number of halogens is 1. The number of fused-ring (bicyclic) bond motifs is 3. The predicted octanol–water partition coefficient (Wildman–Crippen LogP) is 5.57. The van der Waals surface area contributed by atoms with E-state index >= 15 is 0 Å². The molecule has 0 amide bonds. The first-order valence-corrected chi connectivity index (χ1v) is 11.1. The number of hydrogen-bond donors (Lipinski definition) is 0. The average molecular weight is 436 g/mol. The van der Waals surface area contributed by atoms with Crippen LogP contribution in [0.4, 0.5) is 4.39 Å². The minimum Gasteiger partial charge on any atom is -0.488 e. The molecule has 0 unspecified atom stereocenters. The quantitative estimate of drug-likeness (QED) is 0.394. The second-order valence-electron chi connectivity index (χ2n) is 8.72. The number of ether oxygens (including phenoxy) is 1. The summed E-state index contributed by atoms with van der Waals surface area (Å²) in [4.78, 5) is 4.85. The van der Waals surface area contributed by atoms with Crippen LogP contribution in [0.25, 0.3) is 11.2 Å². The summed E-state index contributed by atoms with van der Waals surface area (Å²) in [5.74, 6) is 0.615. The Bertz CT molecular complexity index is 1490. The number of nitriles is 1. The fourth-order valence-electron chi connectivity index (χ4n) is 4.70. The highest BCUT2D eigenvalue weighted by atomic mass is 19.1. The van der Waals surface area contributed by atoms with Crippen LogP contribution in [0.2, 0.25) is 0 Å². The minimum atomic E-state index is -0.359. The molecule has 6 rings (SSSR count). The zero-order chi connectivity index (χ0) is 22.5. The lowest BCUT2D eigenvalue weighted by Gasteiger charge is -2.13. The van der Waals surface area contributed by atoms with Crippen molar-refractivity contribution in [3.8, 4) is 11.8 Å². The molecule has 1 aliphatic heterocycles. The summed E-state index contributed by atoms with van der Waals surface area (Å²) >= 11 is 0. The molecule has 2 aromatic heterocycles. The first-order valence-electron chi connectivity index (χ1n) is 11.1. The Morgan fingerprint density at radius 3 is 2.85 bits per heavy atom. The maximum atomic E-state index is 13.9. The highest BCUT2D eigenvalue weighted by molar-refractivity contribution is 5.88. The Morgan fingerprint density at radius 1 is 1.18 bits per heavy atom. The van der Waals surface area contributed by atoms with Crippen molar-refractivity contribution in [2.24, 2.45) is 0 Å². The van der Waals surface area contributed by atoms with Gasteiger partial charge in [-0.05, 0) is 60.7 Å². The van der Waals surface area contributed by atoms with Crippen LogP contribution in [0.1, 0.15) is 59.3 Å². The summed E-state index contributed by atoms with van der Waals surface area (Å²) in [7, 11) is 0. The average Bonchev–Trinajstić information content (AvgIpc) is 3.63. The fourth-order valence-corrected chi connectivity index (χ4v) is 4.70. The van der Waals surface area contributed by atoms with Gasteiger partial charge >= 0.3 is 0 Å². The van der Waals surface area contributed by atoms with Gasteiger partial charge in [0.15, 0.2) is 5.65 Å². The van der Waals surface area contributed by atoms with Crippen molar-refractivity contribution in [3.05, 3.63) is 99.8 Å². The van der Waals surface area contributed by atoms with E-state index in [-0.39, 0.29) is 5.82 Å². The number of rotatable bonds is 3. The Hall–Kier alpha value is -3.98. The molecule has 0 spiro atoms. The third-order valence-corrected chi connectivity index (χ3v) is 6.43. The van der Waals surface area contributed by atoms with E-state index in [1.54, 1.807) is 19.2 Å². The molecule has 33 heavy (non-hydrogen) atoms. The molecule has 0 atom stereocenters. The van der Waals surface area contributed by atoms with E-state index in [0.717, 1.165) is 44.9 Å². The normalized spacial score (nSPS) is 16.4. The molecule has 162 valence electrons. The summed E-state index contributed by atoms with van der Waals surface area (Å²) in [6.45, 7) is 2.10. The number of hydrogen-bond acceptors (Lipinski definition) is 4. The lowest BCUT2D eigenvalue weighted by atomic mass is 9.89. The molecule has 6 heteroatoms. The van der Waals surface area contributed by atoms with Crippen molar-refractivity contribution in [2.45, 2.75) is 38.7 Å². The van der Waals surface area contributed by atoms with Gasteiger partial charge in [-0.25, -0.2) is 13.9 Å². The molecular weight excluding hydrogens is 415 g/mol. The van der Waals surface area contributed by atoms with Gasteiger partial charge in [-0.1, -0.05) is 18.2 Å². The van der Waals surface area contributed by atoms with Crippen molar-refractivity contribution in [2.75, 3.05) is 0 Å². The minimum absolute atomic E-state index is 0.308. The second kappa shape index (κ2) is 7.56. The zero-order valence-electron chi connectivity index (χ0n) is 18.2. The van der Waals surface area contributed by atoms with Crippen LogP contribution >= 0.6 is 0 Å². The molecule has 5 nitrogen and oxygen atoms in total. The van der Waals surface area contributed by atoms with Crippen LogP contribution in [-0.2, 0) is 13.0 Å². The third-order valence-electron chi connectivity index (χ3n) is 6.43. The Labute approximate surface area is 190 Å². The maximum absolute atomic E-state index is 13.9. The lowest BCUT2D eigenvalue weighted by Crippen LogP contribution is -2.03. The van der Waals surface area contributed by atoms with Gasteiger partial charge in [-0.15, -0.1) is 0 Å². The van der Waals surface area contributed by atoms with Gasteiger partial charge in [0.05, 0.1) is 17.5 Å². The van der Waals surface area contributed by atoms with Crippen LogP contribution in [-0.4, -0.2) is 14.6 Å². The van der Waals surface area contributed by atoms with E-state index in [0.29, 0.717) is 30.3 Å². The van der Waals surface area contributed by atoms with Crippen molar-refractivity contribution in [1.82, 2.24) is 14.6 Å². The molecule has 1 saturated carbocycles. The van der Waals surface area contributed by atoms with Gasteiger partial charge in [0.1, 0.15) is 18.2 Å². The number of benzene rings is 2. The largest absolute Gasteiger partial charge is 0.488 e. The SMILES string of the molecule is C/C(C#N)=C1/c2ccc(Cc3c(C4CC4)nc4cccnn34)cc2COc2cc(F)ccc21. The Morgan fingerprint density at radius 2 is 2.03 bits per heavy atom. The highest BCUT2D eigenvalue weighted by Crippen LogP contribution is 2.42. The van der Waals surface area contributed by atoms with Crippen LogP contribution < -0.4 is 4.74 Å². The first-order chi connectivity index (χ1) is 16.1. The fraction of sp³-hybridized carbons (Fsp3) is 0.222. The van der Waals surface area contributed by atoms with Crippen LogP contribution in [0, 0.1) is 17.1 Å². The molecule has 2 aliphatic rings. The molecule has 0 N–H and O–H groups in total. The summed E-state index contributed by atoms with van der Waals surface area (Å²) in [6, 6.07) is 16.9. The van der Waals surface area contributed by atoms with E-state index in [4.69, 9.17) is 9.72 Å². The summed E-state index contributed by atoms with van der Waals surface area (Å²) < 4.78 is 21.8. The van der Waals surface area contributed by atoms with Crippen LogP contribution in [0.5, 0.6) is 5.75 Å². The molecule has 4 aromatic rings. The molecule has 1 fully saturated rings. The highest BCUT2D eigenvalue weighted by Gasteiger charge is 2.30. The van der Waals surface area contributed by atoms with Gasteiger partial charge in [0, 0.05) is 41.3 Å². The summed E-state index contributed by atoms with van der Waals surface area (Å²) in [6.07, 6.45) is 4.84. The third kappa shape index (κ3) is 3.37. The molecule has 0 bridgehead atoms. The predicted molar refractivity (Wildman–Crippen MR) is 122 cm³/mol. The van der Waals surface area contributed by atoms with Gasteiger partial charge in [-0.2, -0.15) is 10.4 Å². The number of imidazole rings is 1. The molecule has 3 heterocycles. The van der Waals surface area contributed by atoms with Gasteiger partial charge in [0.2, 0.25) is 0 Å². The van der Waals surface area contributed by atoms with E-state index < -0.39 is 0 Å². The van der Waals surface area contributed by atoms with Crippen LogP contribution in [0.15, 0.2) is 60.3 Å². The molecule has 1 aliphatic carbocycles. The van der Waals surface area contributed by atoms with E-state index in [1.807, 2.05) is 16.6 Å². The molecular formula is C27H21FN4O. The lowest BCUT2D eigenvalue weighted by molar-refractivity contribution is 0.305. The van der Waals surface area contributed by atoms with Crippen molar-refractivity contribution >= 4 is 11.2 Å². The van der Waals surface area contributed by atoms with Gasteiger partial charge in [0.25, 0.3) is 0 Å². The van der Waals surface area contributed by atoms with Gasteiger partial charge < -0.3 is 4.74 Å². The van der Waals surface area contributed by atoms with Crippen molar-refractivity contribution in [1.29, 1.82) is 5.26 Å². The molecule has 0 saturated heterocycles. The maximum Gasteiger partial charge on any atom is 0.154 e. The number of nitrogens with zero attached hydrogens (tertiary/aromatic N) is 4. The van der Waals surface area contributed by atoms with Gasteiger partial charge in [-0.3, -0.25) is 0 Å². The zero-order valence-corrected chi connectivity index (χ0v) is 18.2. The van der Waals surface area contributed by atoms with Crippen LogP contribution in [0.3, 0.4) is 0 Å². The van der Waals surface area contributed by atoms with Crippen molar-refractivity contribution < 1.29 is 9.13 Å². The number of aromatic nitrogens is 3. The monoisotopic (exact) mass is 436 g/mol. The van der Waals surface area contributed by atoms with E-state index in [9.17, 15) is 9.65 Å². The Balaban J connectivity index is 1.45. The smallest absolute Gasteiger partial charge is 0.154 e. The summed E-state index contributed by atoms with van der Waals surface area (Å²) in [5, 5.41) is 14.2. The standard InChI is InChI=1S/C27H21FN4O/c1-16(14-29)26-21-8-4-17(11-19(21)15-33-24-13-20(28)7-9-22(24)26)12-23-27(18-5-6-18)31-25-3-2-10-30-32(23)25/h2-4,7-11,13,18H,5-6,12,15H2,1H3/b26-16+.